The topological polar surface area (TPSA) is 105 Å². The Morgan fingerprint density at radius 3 is 2.65 bits per heavy atom. The second-order valence-electron chi connectivity index (χ2n) is 8.06. The lowest BCUT2D eigenvalue weighted by Gasteiger charge is -2.31. The van der Waals surface area contributed by atoms with Crippen molar-refractivity contribution in [3.05, 3.63) is 47.5 Å². The van der Waals surface area contributed by atoms with Gasteiger partial charge in [0.1, 0.15) is 5.75 Å². The van der Waals surface area contributed by atoms with E-state index in [9.17, 15) is 18.0 Å². The van der Waals surface area contributed by atoms with Crippen molar-refractivity contribution in [3.8, 4) is 5.75 Å². The van der Waals surface area contributed by atoms with E-state index < -0.39 is 15.9 Å². The molecule has 0 unspecified atom stereocenters. The number of carbonyl (C=O) groups excluding carboxylic acids is 2. The second-order valence-corrected chi connectivity index (χ2v) is 10.0. The number of rotatable bonds is 4. The van der Waals surface area contributed by atoms with Gasteiger partial charge in [0.05, 0.1) is 16.5 Å². The monoisotopic (exact) mass is 443 g/mol. The van der Waals surface area contributed by atoms with E-state index in [-0.39, 0.29) is 29.9 Å². The van der Waals surface area contributed by atoms with E-state index in [1.165, 1.54) is 22.5 Å². The van der Waals surface area contributed by atoms with Crippen LogP contribution in [0.15, 0.2) is 41.3 Å². The zero-order valence-corrected chi connectivity index (χ0v) is 18.3. The molecular formula is C22H25N3O5S. The molecule has 1 saturated heterocycles. The minimum atomic E-state index is -3.82. The van der Waals surface area contributed by atoms with Gasteiger partial charge in [-0.3, -0.25) is 9.59 Å². The summed E-state index contributed by atoms with van der Waals surface area (Å²) in [5.74, 6) is -0.521. The normalized spacial score (nSPS) is 19.2. The first kappa shape index (κ1) is 21.3. The van der Waals surface area contributed by atoms with Gasteiger partial charge in [-0.25, -0.2) is 8.42 Å². The molecular weight excluding hydrogens is 418 g/mol. The Bertz CT molecular complexity index is 1130. The maximum atomic E-state index is 13.2. The summed E-state index contributed by atoms with van der Waals surface area (Å²) in [6.07, 6.45) is 1.21. The van der Waals surface area contributed by atoms with Crippen molar-refractivity contribution in [2.24, 2.45) is 5.92 Å². The third-order valence-corrected chi connectivity index (χ3v) is 7.33. The SMILES string of the molecule is Cc1cc(C)cc(NC(=O)[C@@H]2CCCN(S(=O)(=O)c3ccc4c(c3)NC(=O)CO4)C2)c1. The molecule has 8 nitrogen and oxygen atoms in total. The number of hydrogen-bond acceptors (Lipinski definition) is 5. The van der Waals surface area contributed by atoms with E-state index in [1.807, 2.05) is 32.0 Å². The summed E-state index contributed by atoms with van der Waals surface area (Å²) in [6, 6.07) is 10.2. The summed E-state index contributed by atoms with van der Waals surface area (Å²) in [7, 11) is -3.82. The Hall–Kier alpha value is -2.91. The van der Waals surface area contributed by atoms with Crippen LogP contribution in [0.25, 0.3) is 0 Å². The Morgan fingerprint density at radius 1 is 1.16 bits per heavy atom. The summed E-state index contributed by atoms with van der Waals surface area (Å²) < 4.78 is 33.1. The number of sulfonamides is 1. The fourth-order valence-corrected chi connectivity index (χ4v) is 5.59. The number of nitrogens with zero attached hydrogens (tertiary/aromatic N) is 1. The van der Waals surface area contributed by atoms with Gasteiger partial charge in [0.2, 0.25) is 15.9 Å². The molecule has 4 rings (SSSR count). The minimum Gasteiger partial charge on any atom is -0.482 e. The van der Waals surface area contributed by atoms with Crippen molar-refractivity contribution < 1.29 is 22.7 Å². The Kier molecular flexibility index (Phi) is 5.72. The summed E-state index contributed by atoms with van der Waals surface area (Å²) in [5, 5.41) is 5.55. The van der Waals surface area contributed by atoms with Gasteiger partial charge in [0.25, 0.3) is 5.91 Å². The number of fused-ring (bicyclic) bond motifs is 1. The molecule has 0 radical (unpaired) electrons. The van der Waals surface area contributed by atoms with Crippen molar-refractivity contribution in [2.75, 3.05) is 30.3 Å². The zero-order valence-electron chi connectivity index (χ0n) is 17.5. The van der Waals surface area contributed by atoms with Gasteiger partial charge in [0, 0.05) is 18.8 Å². The first-order valence-corrected chi connectivity index (χ1v) is 11.6. The smallest absolute Gasteiger partial charge is 0.262 e. The van der Waals surface area contributed by atoms with E-state index in [1.54, 1.807) is 0 Å². The largest absolute Gasteiger partial charge is 0.482 e. The zero-order chi connectivity index (χ0) is 22.2. The molecule has 2 amide bonds. The number of piperidine rings is 1. The second kappa shape index (κ2) is 8.32. The molecule has 2 heterocycles. The summed E-state index contributed by atoms with van der Waals surface area (Å²) >= 11 is 0. The lowest BCUT2D eigenvalue weighted by atomic mass is 9.98. The molecule has 1 fully saturated rings. The van der Waals surface area contributed by atoms with Crippen LogP contribution in [0.4, 0.5) is 11.4 Å². The fourth-order valence-electron chi connectivity index (χ4n) is 4.04. The highest BCUT2D eigenvalue weighted by Crippen LogP contribution is 2.32. The van der Waals surface area contributed by atoms with Crippen molar-refractivity contribution in [2.45, 2.75) is 31.6 Å². The minimum absolute atomic E-state index is 0.0624. The Labute approximate surface area is 181 Å². The number of carbonyl (C=O) groups is 2. The molecule has 31 heavy (non-hydrogen) atoms. The molecule has 2 aromatic rings. The van der Waals surface area contributed by atoms with Crippen LogP contribution in [-0.2, 0) is 19.6 Å². The summed E-state index contributed by atoms with van der Waals surface area (Å²) in [4.78, 5) is 24.5. The Balaban J connectivity index is 1.50. The highest BCUT2D eigenvalue weighted by atomic mass is 32.2. The molecule has 0 spiro atoms. The average Bonchev–Trinajstić information content (AvgIpc) is 2.72. The quantitative estimate of drug-likeness (QED) is 0.756. The molecule has 9 heteroatoms. The van der Waals surface area contributed by atoms with Gasteiger partial charge in [-0.1, -0.05) is 6.07 Å². The van der Waals surface area contributed by atoms with Gasteiger partial charge in [-0.15, -0.1) is 0 Å². The van der Waals surface area contributed by atoms with Crippen LogP contribution in [0.3, 0.4) is 0 Å². The number of benzene rings is 2. The molecule has 0 bridgehead atoms. The van der Waals surface area contributed by atoms with Crippen LogP contribution >= 0.6 is 0 Å². The molecule has 0 aliphatic carbocycles. The van der Waals surface area contributed by atoms with Crippen molar-refractivity contribution in [1.82, 2.24) is 4.31 Å². The predicted octanol–water partition coefficient (Wildman–Crippen LogP) is 2.67. The highest BCUT2D eigenvalue weighted by Gasteiger charge is 2.34. The molecule has 2 aliphatic rings. The van der Waals surface area contributed by atoms with Gasteiger partial charge in [-0.2, -0.15) is 4.31 Å². The summed E-state index contributed by atoms with van der Waals surface area (Å²) in [5.41, 5.74) is 3.14. The third-order valence-electron chi connectivity index (χ3n) is 5.47. The summed E-state index contributed by atoms with van der Waals surface area (Å²) in [6.45, 7) is 4.28. The number of nitrogens with one attached hydrogen (secondary N) is 2. The van der Waals surface area contributed by atoms with Crippen LogP contribution in [0.1, 0.15) is 24.0 Å². The molecule has 2 aromatic carbocycles. The number of aryl methyl sites for hydroxylation is 2. The third kappa shape index (κ3) is 4.57. The van der Waals surface area contributed by atoms with Crippen LogP contribution in [0.2, 0.25) is 0 Å². The maximum absolute atomic E-state index is 13.2. The maximum Gasteiger partial charge on any atom is 0.262 e. The van der Waals surface area contributed by atoms with Gasteiger partial charge >= 0.3 is 0 Å². The standard InChI is InChI=1S/C22H25N3O5S/c1-14-8-15(2)10-17(9-14)23-22(27)16-4-3-7-25(12-16)31(28,29)18-5-6-20-19(11-18)24-21(26)13-30-20/h5-6,8-11,16H,3-4,7,12-13H2,1-2H3,(H,23,27)(H,24,26)/t16-/m1/s1. The van der Waals surface area contributed by atoms with Gasteiger partial charge in [-0.05, 0) is 68.1 Å². The van der Waals surface area contributed by atoms with E-state index in [2.05, 4.69) is 10.6 Å². The Morgan fingerprint density at radius 2 is 1.90 bits per heavy atom. The number of anilines is 2. The highest BCUT2D eigenvalue weighted by molar-refractivity contribution is 7.89. The fraction of sp³-hybridized carbons (Fsp3) is 0.364. The molecule has 2 N–H and O–H groups in total. The van der Waals surface area contributed by atoms with E-state index in [0.717, 1.165) is 11.1 Å². The van der Waals surface area contributed by atoms with Crippen molar-refractivity contribution in [1.29, 1.82) is 0 Å². The lowest BCUT2D eigenvalue weighted by molar-refractivity contribution is -0.121. The average molecular weight is 444 g/mol. The lowest BCUT2D eigenvalue weighted by Crippen LogP contribution is -2.43. The van der Waals surface area contributed by atoms with Crippen molar-refractivity contribution in [3.63, 3.8) is 0 Å². The van der Waals surface area contributed by atoms with Crippen LogP contribution in [0, 0.1) is 19.8 Å². The van der Waals surface area contributed by atoms with E-state index in [0.29, 0.717) is 36.5 Å². The first-order valence-electron chi connectivity index (χ1n) is 10.2. The van der Waals surface area contributed by atoms with Crippen LogP contribution in [0.5, 0.6) is 5.75 Å². The van der Waals surface area contributed by atoms with Gasteiger partial charge in [0.15, 0.2) is 6.61 Å². The predicted molar refractivity (Wildman–Crippen MR) is 117 cm³/mol. The van der Waals surface area contributed by atoms with Crippen LogP contribution in [-0.4, -0.2) is 44.2 Å². The molecule has 1 atom stereocenters. The number of amides is 2. The molecule has 2 aliphatic heterocycles. The van der Waals surface area contributed by atoms with Crippen molar-refractivity contribution >= 4 is 33.2 Å². The molecule has 0 aromatic heterocycles. The van der Waals surface area contributed by atoms with Crippen LogP contribution < -0.4 is 15.4 Å². The number of hydrogen-bond donors (Lipinski definition) is 2. The first-order chi connectivity index (χ1) is 14.7. The number of ether oxygens (including phenoxy) is 1. The molecule has 164 valence electrons. The van der Waals surface area contributed by atoms with E-state index >= 15 is 0 Å². The van der Waals surface area contributed by atoms with Gasteiger partial charge < -0.3 is 15.4 Å². The molecule has 0 saturated carbocycles. The van der Waals surface area contributed by atoms with E-state index in [4.69, 9.17) is 4.74 Å².